The van der Waals surface area contributed by atoms with Crippen molar-refractivity contribution in [1.82, 2.24) is 0 Å². The molecule has 13 heavy (non-hydrogen) atoms. The van der Waals surface area contributed by atoms with Crippen LogP contribution in [-0.2, 0) is 0 Å². The minimum atomic E-state index is 0.542. The number of nitrogens with two attached hydrogens (primary N) is 1. The summed E-state index contributed by atoms with van der Waals surface area (Å²) >= 11 is 0. The molecular weight excluding hydrogens is 158 g/mol. The Morgan fingerprint density at radius 1 is 1.23 bits per heavy atom. The Balaban J connectivity index is 4.35. The maximum absolute atomic E-state index is 5.39. The summed E-state index contributed by atoms with van der Waals surface area (Å²) < 4.78 is 0. The number of allylic oxidation sites excluding steroid dienone is 7. The summed E-state index contributed by atoms with van der Waals surface area (Å²) in [5.41, 5.74) is 8.00. The van der Waals surface area contributed by atoms with E-state index >= 15 is 0 Å². The number of hydrogen-bond donors (Lipinski definition) is 1. The summed E-state index contributed by atoms with van der Waals surface area (Å²) in [4.78, 5) is 0. The van der Waals surface area contributed by atoms with Crippen LogP contribution in [0.1, 0.15) is 13.8 Å². The van der Waals surface area contributed by atoms with E-state index in [9.17, 15) is 0 Å². The molecule has 0 aromatic heterocycles. The average Bonchev–Trinajstić information content (AvgIpc) is 2.10. The zero-order chi connectivity index (χ0) is 10.3. The molecule has 1 nitrogen and oxygen atoms in total. The quantitative estimate of drug-likeness (QED) is 0.653. The third-order valence-electron chi connectivity index (χ3n) is 1.54. The van der Waals surface area contributed by atoms with Gasteiger partial charge in [0.15, 0.2) is 0 Å². The van der Waals surface area contributed by atoms with Gasteiger partial charge < -0.3 is 5.73 Å². The van der Waals surface area contributed by atoms with Crippen LogP contribution in [0.4, 0.5) is 0 Å². The molecule has 0 atom stereocenters. The maximum atomic E-state index is 5.39. The standard InChI is InChI=1S/C12H17N/c1-5-6-7-10(2)11(3)8-9-12(4)13/h5-9H,3-4,13H2,1-2H3/b6-5-,9-8-,10-7+. The largest absolute Gasteiger partial charge is 0.399 e. The predicted molar refractivity (Wildman–Crippen MR) is 60.2 cm³/mol. The van der Waals surface area contributed by atoms with E-state index in [1.807, 2.05) is 38.2 Å². The first-order valence-corrected chi connectivity index (χ1v) is 4.19. The van der Waals surface area contributed by atoms with Crippen molar-refractivity contribution < 1.29 is 0 Å². The smallest absolute Gasteiger partial charge is 0.0241 e. The molecule has 0 rings (SSSR count). The molecule has 0 heterocycles. The summed E-state index contributed by atoms with van der Waals surface area (Å²) in [6.45, 7) is 11.4. The Morgan fingerprint density at radius 2 is 1.85 bits per heavy atom. The molecule has 1 heteroatoms. The summed E-state index contributed by atoms with van der Waals surface area (Å²) in [5.74, 6) is 0. The highest BCUT2D eigenvalue weighted by atomic mass is 14.5. The molecule has 0 aliphatic heterocycles. The molecule has 0 fully saturated rings. The van der Waals surface area contributed by atoms with E-state index in [0.717, 1.165) is 11.1 Å². The van der Waals surface area contributed by atoms with Crippen LogP contribution in [0.15, 0.2) is 60.4 Å². The normalized spacial score (nSPS) is 12.6. The van der Waals surface area contributed by atoms with E-state index in [4.69, 9.17) is 5.73 Å². The lowest BCUT2D eigenvalue weighted by Gasteiger charge is -1.97. The minimum Gasteiger partial charge on any atom is -0.399 e. The molecule has 0 saturated heterocycles. The van der Waals surface area contributed by atoms with Gasteiger partial charge in [0.25, 0.3) is 0 Å². The van der Waals surface area contributed by atoms with Gasteiger partial charge in [0, 0.05) is 5.70 Å². The van der Waals surface area contributed by atoms with Crippen LogP contribution in [-0.4, -0.2) is 0 Å². The zero-order valence-electron chi connectivity index (χ0n) is 8.38. The fraction of sp³-hybridized carbons (Fsp3) is 0.167. The van der Waals surface area contributed by atoms with Crippen molar-refractivity contribution in [3.63, 3.8) is 0 Å². The monoisotopic (exact) mass is 175 g/mol. The molecule has 0 aliphatic rings. The van der Waals surface area contributed by atoms with E-state index in [1.54, 1.807) is 6.08 Å². The van der Waals surface area contributed by atoms with E-state index in [2.05, 4.69) is 13.2 Å². The molecule has 0 saturated carbocycles. The lowest BCUT2D eigenvalue weighted by atomic mass is 10.1. The van der Waals surface area contributed by atoms with Gasteiger partial charge in [-0.05, 0) is 31.1 Å². The second-order valence-electron chi connectivity index (χ2n) is 2.81. The molecule has 0 aromatic carbocycles. The number of rotatable bonds is 4. The first-order chi connectivity index (χ1) is 6.07. The van der Waals surface area contributed by atoms with Crippen LogP contribution < -0.4 is 5.73 Å². The third-order valence-corrected chi connectivity index (χ3v) is 1.54. The summed E-state index contributed by atoms with van der Waals surface area (Å²) in [5, 5.41) is 0. The average molecular weight is 175 g/mol. The molecule has 0 radical (unpaired) electrons. The molecule has 0 aliphatic carbocycles. The summed E-state index contributed by atoms with van der Waals surface area (Å²) in [7, 11) is 0. The van der Waals surface area contributed by atoms with Gasteiger partial charge in [-0.1, -0.05) is 37.5 Å². The Bertz CT molecular complexity index is 277. The second-order valence-corrected chi connectivity index (χ2v) is 2.81. The van der Waals surface area contributed by atoms with E-state index < -0.39 is 0 Å². The van der Waals surface area contributed by atoms with Gasteiger partial charge in [-0.2, -0.15) is 0 Å². The Hall–Kier alpha value is -1.50. The fourth-order valence-corrected chi connectivity index (χ4v) is 0.687. The van der Waals surface area contributed by atoms with Crippen molar-refractivity contribution in [2.75, 3.05) is 0 Å². The zero-order valence-corrected chi connectivity index (χ0v) is 8.38. The molecule has 70 valence electrons. The van der Waals surface area contributed by atoms with Gasteiger partial charge in [0.1, 0.15) is 0 Å². The van der Waals surface area contributed by atoms with Crippen LogP contribution in [0.5, 0.6) is 0 Å². The Kier molecular flexibility index (Phi) is 5.37. The van der Waals surface area contributed by atoms with Crippen molar-refractivity contribution in [2.24, 2.45) is 5.73 Å². The second kappa shape index (κ2) is 6.06. The minimum absolute atomic E-state index is 0.542. The van der Waals surface area contributed by atoms with Crippen LogP contribution >= 0.6 is 0 Å². The summed E-state index contributed by atoms with van der Waals surface area (Å²) in [6.07, 6.45) is 9.56. The van der Waals surface area contributed by atoms with Gasteiger partial charge in [0.05, 0.1) is 0 Å². The topological polar surface area (TPSA) is 26.0 Å². The Morgan fingerprint density at radius 3 is 2.31 bits per heavy atom. The Labute approximate surface area is 80.6 Å². The van der Waals surface area contributed by atoms with Crippen molar-refractivity contribution in [3.05, 3.63) is 60.4 Å². The predicted octanol–water partition coefficient (Wildman–Crippen LogP) is 3.09. The van der Waals surface area contributed by atoms with E-state index in [-0.39, 0.29) is 0 Å². The molecule has 0 amide bonds. The highest BCUT2D eigenvalue weighted by Crippen LogP contribution is 2.08. The van der Waals surface area contributed by atoms with Crippen molar-refractivity contribution >= 4 is 0 Å². The maximum Gasteiger partial charge on any atom is 0.0241 e. The number of hydrogen-bond acceptors (Lipinski definition) is 1. The molecule has 0 unspecified atom stereocenters. The van der Waals surface area contributed by atoms with Gasteiger partial charge in [-0.3, -0.25) is 0 Å². The first-order valence-electron chi connectivity index (χ1n) is 4.19. The lowest BCUT2D eigenvalue weighted by molar-refractivity contribution is 1.41. The van der Waals surface area contributed by atoms with Gasteiger partial charge in [-0.25, -0.2) is 0 Å². The van der Waals surface area contributed by atoms with Gasteiger partial charge in [-0.15, -0.1) is 0 Å². The highest BCUT2D eigenvalue weighted by Gasteiger charge is 1.89. The van der Waals surface area contributed by atoms with Crippen molar-refractivity contribution in [3.8, 4) is 0 Å². The molecule has 2 N–H and O–H groups in total. The van der Waals surface area contributed by atoms with Crippen molar-refractivity contribution in [2.45, 2.75) is 13.8 Å². The summed E-state index contributed by atoms with van der Waals surface area (Å²) in [6, 6.07) is 0. The first kappa shape index (κ1) is 11.5. The third kappa shape index (κ3) is 5.74. The molecule has 0 spiro atoms. The van der Waals surface area contributed by atoms with E-state index in [0.29, 0.717) is 5.70 Å². The van der Waals surface area contributed by atoms with Crippen LogP contribution in [0.25, 0.3) is 0 Å². The van der Waals surface area contributed by atoms with Crippen LogP contribution in [0.2, 0.25) is 0 Å². The highest BCUT2D eigenvalue weighted by molar-refractivity contribution is 5.39. The van der Waals surface area contributed by atoms with Crippen LogP contribution in [0, 0.1) is 0 Å². The van der Waals surface area contributed by atoms with Gasteiger partial charge >= 0.3 is 0 Å². The SMILES string of the molecule is C=C(N)/C=C\C(=C)/C(C)=C/C=C\C. The fourth-order valence-electron chi connectivity index (χ4n) is 0.687. The van der Waals surface area contributed by atoms with Crippen molar-refractivity contribution in [1.29, 1.82) is 0 Å². The molecule has 0 aromatic rings. The van der Waals surface area contributed by atoms with Crippen LogP contribution in [0.3, 0.4) is 0 Å². The van der Waals surface area contributed by atoms with Gasteiger partial charge in [0.2, 0.25) is 0 Å². The van der Waals surface area contributed by atoms with E-state index in [1.165, 1.54) is 0 Å². The molecule has 0 bridgehead atoms. The molecular formula is C12H17N. The lowest BCUT2D eigenvalue weighted by Crippen LogP contribution is -1.89.